The van der Waals surface area contributed by atoms with Crippen molar-refractivity contribution in [1.82, 2.24) is 0 Å². The van der Waals surface area contributed by atoms with Crippen LogP contribution < -0.4 is 5.23 Å². The predicted molar refractivity (Wildman–Crippen MR) is 51.2 cm³/mol. The van der Waals surface area contributed by atoms with E-state index in [1.807, 2.05) is 0 Å². The van der Waals surface area contributed by atoms with E-state index in [0.29, 0.717) is 11.1 Å². The van der Waals surface area contributed by atoms with Crippen LogP contribution in [0.3, 0.4) is 0 Å². The molecule has 0 fully saturated rings. The third kappa shape index (κ3) is 2.95. The van der Waals surface area contributed by atoms with Gasteiger partial charge in [0, 0.05) is 11.1 Å². The highest BCUT2D eigenvalue weighted by Crippen LogP contribution is 2.06. The minimum absolute atomic E-state index is 0.0590. The number of carbonyl (C=O) groups is 1. The Hall–Kier alpha value is -1.17. The second-order valence-corrected chi connectivity index (χ2v) is 2.90. The van der Waals surface area contributed by atoms with Gasteiger partial charge in [-0.15, -0.1) is 0 Å². The number of rotatable bonds is 4. The third-order valence-electron chi connectivity index (χ3n) is 1.79. The number of ketones is 1. The first-order valence-electron chi connectivity index (χ1n) is 4.17. The number of quaternary nitrogens is 1. The smallest absolute Gasteiger partial charge is 0.154 e. The van der Waals surface area contributed by atoms with Gasteiger partial charge in [-0.05, 0) is 12.4 Å². The highest BCUT2D eigenvalue weighted by molar-refractivity contribution is 6.23. The molecule has 2 N–H and O–H groups in total. The molecule has 0 saturated heterocycles. The molecule has 0 amide bonds. The first-order chi connectivity index (χ1) is 6.63. The average Bonchev–Trinajstić information content (AvgIpc) is 2.16. The van der Waals surface area contributed by atoms with Gasteiger partial charge in [0.1, 0.15) is 6.54 Å². The van der Waals surface area contributed by atoms with E-state index in [-0.39, 0.29) is 18.6 Å². The van der Waals surface area contributed by atoms with Gasteiger partial charge in [0.05, 0.1) is 7.85 Å². The van der Waals surface area contributed by atoms with Crippen molar-refractivity contribution >= 4 is 13.6 Å². The Morgan fingerprint density at radius 2 is 2.29 bits per heavy atom. The molecule has 5 heteroatoms. The van der Waals surface area contributed by atoms with Crippen molar-refractivity contribution in [3.05, 3.63) is 40.6 Å². The molecule has 0 aliphatic rings. The second kappa shape index (κ2) is 4.90. The largest absolute Gasteiger partial charge is 0.600 e. The topological polar surface area (TPSA) is 64.8 Å². The Balaban J connectivity index is 2.84. The summed E-state index contributed by atoms with van der Waals surface area (Å²) in [6.45, 7) is -0.0777. The first kappa shape index (κ1) is 10.9. The van der Waals surface area contributed by atoms with Crippen LogP contribution in [0.1, 0.15) is 15.9 Å². The van der Waals surface area contributed by atoms with E-state index in [9.17, 15) is 10.0 Å². The van der Waals surface area contributed by atoms with Gasteiger partial charge >= 0.3 is 0 Å². The fourth-order valence-electron chi connectivity index (χ4n) is 1.15. The van der Waals surface area contributed by atoms with Gasteiger partial charge in [0.25, 0.3) is 0 Å². The van der Waals surface area contributed by atoms with Crippen LogP contribution in [-0.2, 0) is 6.54 Å². The summed E-state index contributed by atoms with van der Waals surface area (Å²) >= 11 is 0. The molecule has 2 radical (unpaired) electrons. The number of benzene rings is 1. The van der Waals surface area contributed by atoms with Gasteiger partial charge in [-0.1, -0.05) is 18.2 Å². The SMILES string of the molecule is [B]CC(=O)c1cccc(C[NH+]([O-])O)c1. The maximum Gasteiger partial charge on any atom is 0.154 e. The molecule has 0 aromatic heterocycles. The van der Waals surface area contributed by atoms with Gasteiger partial charge in [0.15, 0.2) is 5.78 Å². The lowest BCUT2D eigenvalue weighted by Gasteiger charge is -2.12. The molecule has 0 bridgehead atoms. The molecule has 72 valence electrons. The molecule has 14 heavy (non-hydrogen) atoms. The monoisotopic (exact) mass is 191 g/mol. The quantitative estimate of drug-likeness (QED) is 0.391. The molecule has 1 rings (SSSR count). The van der Waals surface area contributed by atoms with Gasteiger partial charge in [-0.3, -0.25) is 4.79 Å². The van der Waals surface area contributed by atoms with Crippen molar-refractivity contribution < 1.29 is 15.2 Å². The van der Waals surface area contributed by atoms with E-state index in [0.717, 1.165) is 0 Å². The van der Waals surface area contributed by atoms with Crippen LogP contribution in [0.25, 0.3) is 0 Å². The molecular formula is C9H10BNO3. The highest BCUT2D eigenvalue weighted by atomic mass is 16.8. The minimum atomic E-state index is -0.914. The number of hydrogen-bond donors (Lipinski definition) is 2. The van der Waals surface area contributed by atoms with Crippen LogP contribution in [0, 0.1) is 5.21 Å². The Labute approximate surface area is 83.1 Å². The van der Waals surface area contributed by atoms with E-state index in [4.69, 9.17) is 13.1 Å². The fraction of sp³-hybridized carbons (Fsp3) is 0.222. The Kier molecular flexibility index (Phi) is 3.82. The van der Waals surface area contributed by atoms with Crippen LogP contribution >= 0.6 is 0 Å². The van der Waals surface area contributed by atoms with Crippen molar-refractivity contribution in [1.29, 1.82) is 0 Å². The second-order valence-electron chi connectivity index (χ2n) is 2.90. The van der Waals surface area contributed by atoms with Crippen molar-refractivity contribution in [3.63, 3.8) is 0 Å². The summed E-state index contributed by atoms with van der Waals surface area (Å²) in [6.07, 6.45) is -0.0590. The van der Waals surface area contributed by atoms with Gasteiger partial charge in [-0.25, -0.2) is 10.4 Å². The summed E-state index contributed by atoms with van der Waals surface area (Å²) in [5, 5.41) is 18.0. The Morgan fingerprint density at radius 1 is 1.57 bits per heavy atom. The van der Waals surface area contributed by atoms with Crippen LogP contribution in [0.15, 0.2) is 24.3 Å². The molecule has 1 atom stereocenters. The summed E-state index contributed by atoms with van der Waals surface area (Å²) in [5.41, 5.74) is 1.07. The van der Waals surface area contributed by atoms with Gasteiger partial charge in [-0.2, -0.15) is 0 Å². The first-order valence-corrected chi connectivity index (χ1v) is 4.17. The summed E-state index contributed by atoms with van der Waals surface area (Å²) in [5.74, 6) is -0.183. The predicted octanol–water partition coefficient (Wildman–Crippen LogP) is -0.272. The molecule has 4 nitrogen and oxygen atoms in total. The standard InChI is InChI=1S/C9H10BNO3/c10-5-9(12)8-3-1-2-7(4-8)6-11(13)14/h1-4,11,13H,5-6H2. The lowest BCUT2D eigenvalue weighted by Crippen LogP contribution is -3.03. The number of hydroxylamine groups is 2. The van der Waals surface area contributed by atoms with E-state index in [1.54, 1.807) is 24.3 Å². The van der Waals surface area contributed by atoms with Crippen LogP contribution in [0.4, 0.5) is 0 Å². The number of hydrogen-bond acceptors (Lipinski definition) is 3. The highest BCUT2D eigenvalue weighted by Gasteiger charge is 2.04. The number of nitrogens with one attached hydrogen (secondary N) is 1. The molecule has 0 saturated carbocycles. The number of Topliss-reactive ketones (excluding diaryl/α,β-unsaturated/α-hetero) is 1. The Morgan fingerprint density at radius 3 is 2.86 bits per heavy atom. The maximum atomic E-state index is 11.2. The van der Waals surface area contributed by atoms with Crippen LogP contribution in [0.5, 0.6) is 0 Å². The third-order valence-corrected chi connectivity index (χ3v) is 1.79. The molecule has 1 aromatic rings. The van der Waals surface area contributed by atoms with Gasteiger partial charge < -0.3 is 5.21 Å². The molecule has 0 heterocycles. The van der Waals surface area contributed by atoms with Crippen molar-refractivity contribution in [2.45, 2.75) is 12.9 Å². The summed E-state index contributed by atoms with van der Waals surface area (Å²) in [7, 11) is 5.19. The van der Waals surface area contributed by atoms with E-state index < -0.39 is 5.23 Å². The summed E-state index contributed by atoms with van der Waals surface area (Å²) in [6, 6.07) is 6.51. The average molecular weight is 191 g/mol. The maximum absolute atomic E-state index is 11.2. The lowest BCUT2D eigenvalue weighted by molar-refractivity contribution is -1.06. The zero-order chi connectivity index (χ0) is 10.6. The Bertz CT molecular complexity index is 328. The lowest BCUT2D eigenvalue weighted by atomic mass is 9.95. The van der Waals surface area contributed by atoms with E-state index in [2.05, 4.69) is 0 Å². The van der Waals surface area contributed by atoms with Gasteiger partial charge in [0.2, 0.25) is 0 Å². The molecule has 0 aliphatic carbocycles. The molecule has 0 aliphatic heterocycles. The molecule has 1 aromatic carbocycles. The molecular weight excluding hydrogens is 181 g/mol. The zero-order valence-electron chi connectivity index (χ0n) is 7.56. The molecule has 1 unspecified atom stereocenters. The van der Waals surface area contributed by atoms with Crippen LogP contribution in [-0.4, -0.2) is 18.8 Å². The summed E-state index contributed by atoms with van der Waals surface area (Å²) in [4.78, 5) is 11.2. The fourth-order valence-corrected chi connectivity index (χ4v) is 1.15. The van der Waals surface area contributed by atoms with Crippen molar-refractivity contribution in [2.75, 3.05) is 0 Å². The van der Waals surface area contributed by atoms with E-state index in [1.165, 1.54) is 0 Å². The van der Waals surface area contributed by atoms with Crippen LogP contribution in [0.2, 0.25) is 6.32 Å². The minimum Gasteiger partial charge on any atom is -0.600 e. The molecule has 0 spiro atoms. The summed E-state index contributed by atoms with van der Waals surface area (Å²) < 4.78 is 0. The van der Waals surface area contributed by atoms with Crippen molar-refractivity contribution in [2.24, 2.45) is 0 Å². The van der Waals surface area contributed by atoms with Crippen molar-refractivity contribution in [3.8, 4) is 0 Å². The normalized spacial score (nSPS) is 12.4. The van der Waals surface area contributed by atoms with E-state index >= 15 is 0 Å². The number of carbonyl (C=O) groups excluding carboxylic acids is 1. The zero-order valence-corrected chi connectivity index (χ0v) is 7.56.